The van der Waals surface area contributed by atoms with Gasteiger partial charge in [-0.15, -0.1) is 0 Å². The third kappa shape index (κ3) is 8.54. The van der Waals surface area contributed by atoms with Crippen LogP contribution in [0.1, 0.15) is 12.8 Å². The minimum absolute atomic E-state index is 0.246. The molecule has 0 fully saturated rings. The topological polar surface area (TPSA) is 96.4 Å². The van der Waals surface area contributed by atoms with Gasteiger partial charge in [0, 0.05) is 18.4 Å². The van der Waals surface area contributed by atoms with Gasteiger partial charge in [0.15, 0.2) is 0 Å². The Bertz CT molecular complexity index is 285. The lowest BCUT2D eigenvalue weighted by Crippen LogP contribution is -1.94. The van der Waals surface area contributed by atoms with Gasteiger partial charge in [0.25, 0.3) is 0 Å². The van der Waals surface area contributed by atoms with E-state index in [4.69, 9.17) is 10.3 Å². The lowest BCUT2D eigenvalue weighted by molar-refractivity contribution is -0.137. The molecule has 0 radical (unpaired) electrons. The van der Waals surface area contributed by atoms with Crippen molar-refractivity contribution in [3.05, 3.63) is 24.4 Å². The number of carbonyl (C=O) groups is 1. The molecule has 0 bridgehead atoms. The zero-order valence-electron chi connectivity index (χ0n) is 8.57. The van der Waals surface area contributed by atoms with Crippen LogP contribution in [0.5, 0.6) is 0 Å². The van der Waals surface area contributed by atoms with E-state index in [0.717, 1.165) is 10.8 Å². The van der Waals surface area contributed by atoms with E-state index in [1.54, 1.807) is 27.8 Å². The monoisotopic (exact) mass is 262 g/mol. The minimum atomic E-state index is -0.728. The first-order chi connectivity index (χ1) is 7.79. The van der Waals surface area contributed by atoms with E-state index >= 15 is 0 Å². The van der Waals surface area contributed by atoms with E-state index in [1.165, 1.54) is 0 Å². The molecule has 0 aromatic carbocycles. The van der Waals surface area contributed by atoms with Gasteiger partial charge in [-0.3, -0.25) is 4.79 Å². The molecular formula is C9H14N2O3S2. The Morgan fingerprint density at radius 1 is 1.44 bits per heavy atom. The maximum atomic E-state index is 10.2. The Balaban J connectivity index is 0.00000106. The summed E-state index contributed by atoms with van der Waals surface area (Å²) in [5, 5.41) is 15.9. The number of rotatable bonds is 6. The second-order valence-corrected chi connectivity index (χ2v) is 5.01. The van der Waals surface area contributed by atoms with Crippen LogP contribution >= 0.6 is 21.6 Å². The fourth-order valence-electron chi connectivity index (χ4n) is 0.781. The highest BCUT2D eigenvalue weighted by atomic mass is 33.1. The molecule has 0 aliphatic heterocycles. The maximum Gasteiger partial charge on any atom is 0.303 e. The molecule has 4 N–H and O–H groups in total. The largest absolute Gasteiger partial charge is 0.481 e. The van der Waals surface area contributed by atoms with Crippen LogP contribution < -0.4 is 5.90 Å². The number of nitrogens with two attached hydrogens (primary N) is 1. The fraction of sp³-hybridized carbons (Fsp3) is 0.333. The summed E-state index contributed by atoms with van der Waals surface area (Å²) < 4.78 is 0. The van der Waals surface area contributed by atoms with Gasteiger partial charge in [-0.2, -0.15) is 0 Å². The molecule has 7 heteroatoms. The zero-order valence-corrected chi connectivity index (χ0v) is 10.2. The van der Waals surface area contributed by atoms with Crippen molar-refractivity contribution < 1.29 is 15.1 Å². The molecule has 0 amide bonds. The van der Waals surface area contributed by atoms with Crippen LogP contribution in [-0.4, -0.2) is 27.0 Å². The zero-order chi connectivity index (χ0) is 12.2. The predicted molar refractivity (Wildman–Crippen MR) is 65.4 cm³/mol. The van der Waals surface area contributed by atoms with Gasteiger partial charge < -0.3 is 10.3 Å². The van der Waals surface area contributed by atoms with Crippen molar-refractivity contribution in [3.63, 3.8) is 0 Å². The Hall–Kier alpha value is -0.760. The van der Waals surface area contributed by atoms with E-state index in [1.807, 2.05) is 18.2 Å². The number of hydrogen-bond donors (Lipinski definition) is 3. The summed E-state index contributed by atoms with van der Waals surface area (Å²) in [6, 6.07) is 5.75. The average Bonchev–Trinajstić information content (AvgIpc) is 2.32. The van der Waals surface area contributed by atoms with E-state index in [-0.39, 0.29) is 6.42 Å². The molecule has 1 aromatic rings. The highest BCUT2D eigenvalue weighted by Gasteiger charge is 1.98. The number of hydrogen-bond acceptors (Lipinski definition) is 6. The summed E-state index contributed by atoms with van der Waals surface area (Å²) in [7, 11) is 3.22. The number of pyridine rings is 1. The van der Waals surface area contributed by atoms with Crippen molar-refractivity contribution in [1.82, 2.24) is 4.98 Å². The molecule has 90 valence electrons. The summed E-state index contributed by atoms with van der Waals surface area (Å²) in [6.07, 6.45) is 2.70. The normalized spacial score (nSPS) is 9.12. The van der Waals surface area contributed by atoms with Crippen LogP contribution in [0.3, 0.4) is 0 Å². The number of carboxylic acids is 1. The van der Waals surface area contributed by atoms with Gasteiger partial charge >= 0.3 is 5.97 Å². The second-order valence-electron chi connectivity index (χ2n) is 2.57. The number of aliphatic carboxylic acids is 1. The first-order valence-electron chi connectivity index (χ1n) is 4.47. The third-order valence-electron chi connectivity index (χ3n) is 1.40. The second kappa shape index (κ2) is 10.7. The molecule has 0 aliphatic rings. The Morgan fingerprint density at radius 2 is 2.19 bits per heavy atom. The smallest absolute Gasteiger partial charge is 0.303 e. The van der Waals surface area contributed by atoms with Crippen LogP contribution in [-0.2, 0) is 4.79 Å². The highest BCUT2D eigenvalue weighted by Crippen LogP contribution is 2.29. The average molecular weight is 262 g/mol. The number of carboxylic acid groups (broad SMARTS) is 1. The molecule has 1 rings (SSSR count). The van der Waals surface area contributed by atoms with Crippen LogP contribution in [0, 0.1) is 0 Å². The molecule has 5 nitrogen and oxygen atoms in total. The maximum absolute atomic E-state index is 10.2. The van der Waals surface area contributed by atoms with E-state index in [0.29, 0.717) is 6.42 Å². The summed E-state index contributed by atoms with van der Waals surface area (Å²) in [6.45, 7) is 0. The van der Waals surface area contributed by atoms with Gasteiger partial charge in [-0.05, 0) is 29.3 Å². The highest BCUT2D eigenvalue weighted by molar-refractivity contribution is 8.76. The molecule has 0 unspecified atom stereocenters. The fourth-order valence-corrected chi connectivity index (χ4v) is 2.75. The lowest BCUT2D eigenvalue weighted by Gasteiger charge is -1.98. The molecular weight excluding hydrogens is 248 g/mol. The Morgan fingerprint density at radius 3 is 2.75 bits per heavy atom. The predicted octanol–water partition coefficient (Wildman–Crippen LogP) is 2.02. The minimum Gasteiger partial charge on any atom is -0.481 e. The van der Waals surface area contributed by atoms with Gasteiger partial charge in [-0.1, -0.05) is 16.9 Å². The van der Waals surface area contributed by atoms with Gasteiger partial charge in [0.2, 0.25) is 0 Å². The van der Waals surface area contributed by atoms with Crippen LogP contribution in [0.4, 0.5) is 0 Å². The van der Waals surface area contributed by atoms with Crippen LogP contribution in [0.25, 0.3) is 0 Å². The van der Waals surface area contributed by atoms with E-state index in [2.05, 4.69) is 10.9 Å². The molecule has 0 spiro atoms. The SMILES string of the molecule is NO.O=C(O)CCCSSc1ccccn1. The van der Waals surface area contributed by atoms with Crippen molar-refractivity contribution in [1.29, 1.82) is 0 Å². The summed E-state index contributed by atoms with van der Waals surface area (Å²) in [5.41, 5.74) is 0. The summed E-state index contributed by atoms with van der Waals surface area (Å²) in [5.74, 6) is 3.61. The van der Waals surface area contributed by atoms with Crippen LogP contribution in [0.15, 0.2) is 29.4 Å². The first kappa shape index (κ1) is 15.2. The standard InChI is InChI=1S/C9H11NO2S2.H3NO/c11-9(12)5-3-7-13-14-8-4-1-2-6-10-8;1-2/h1-2,4,6H,3,5,7H2,(H,11,12);2H,1H2. The lowest BCUT2D eigenvalue weighted by atomic mass is 10.3. The molecule has 1 heterocycles. The Kier molecular flexibility index (Phi) is 10.2. The molecule has 0 aliphatic carbocycles. The molecule has 0 saturated heterocycles. The van der Waals surface area contributed by atoms with Crippen molar-refractivity contribution in [2.24, 2.45) is 5.90 Å². The van der Waals surface area contributed by atoms with Crippen molar-refractivity contribution in [2.75, 3.05) is 5.75 Å². The Labute approximate surface area is 102 Å². The molecule has 1 aromatic heterocycles. The van der Waals surface area contributed by atoms with Gasteiger partial charge in [0.05, 0.1) is 0 Å². The van der Waals surface area contributed by atoms with E-state index < -0.39 is 5.97 Å². The number of aromatic nitrogens is 1. The third-order valence-corrected chi connectivity index (χ3v) is 3.75. The van der Waals surface area contributed by atoms with Crippen molar-refractivity contribution >= 4 is 27.6 Å². The molecule has 0 saturated carbocycles. The van der Waals surface area contributed by atoms with Gasteiger partial charge in [-0.25, -0.2) is 10.9 Å². The van der Waals surface area contributed by atoms with Crippen molar-refractivity contribution in [3.8, 4) is 0 Å². The van der Waals surface area contributed by atoms with Crippen molar-refractivity contribution in [2.45, 2.75) is 17.9 Å². The number of nitrogens with zero attached hydrogens (tertiary/aromatic N) is 1. The summed E-state index contributed by atoms with van der Waals surface area (Å²) >= 11 is 0. The first-order valence-corrected chi connectivity index (χ1v) is 6.79. The van der Waals surface area contributed by atoms with Crippen LogP contribution in [0.2, 0.25) is 0 Å². The quantitative estimate of drug-likeness (QED) is 0.410. The van der Waals surface area contributed by atoms with E-state index in [9.17, 15) is 4.79 Å². The molecule has 0 atom stereocenters. The molecule has 16 heavy (non-hydrogen) atoms. The summed E-state index contributed by atoms with van der Waals surface area (Å²) in [4.78, 5) is 14.3. The van der Waals surface area contributed by atoms with Gasteiger partial charge in [0.1, 0.15) is 5.03 Å².